The molecule has 0 saturated carbocycles. The molecule has 0 aliphatic carbocycles. The van der Waals surface area contributed by atoms with Crippen LogP contribution in [0.5, 0.6) is 5.75 Å². The summed E-state index contributed by atoms with van der Waals surface area (Å²) >= 11 is 0. The summed E-state index contributed by atoms with van der Waals surface area (Å²) in [6, 6.07) is 15.9. The van der Waals surface area contributed by atoms with E-state index in [1.165, 1.54) is 5.56 Å². The van der Waals surface area contributed by atoms with E-state index < -0.39 is 0 Å². The third-order valence-electron chi connectivity index (χ3n) is 4.72. The second-order valence-corrected chi connectivity index (χ2v) is 7.31. The van der Waals surface area contributed by atoms with Crippen LogP contribution in [0.1, 0.15) is 11.1 Å². The van der Waals surface area contributed by atoms with E-state index in [0.717, 1.165) is 16.9 Å². The van der Waals surface area contributed by atoms with Crippen LogP contribution in [-0.2, 0) is 16.0 Å². The van der Waals surface area contributed by atoms with E-state index in [1.54, 1.807) is 7.11 Å². The molecule has 176 valence electrons. The minimum absolute atomic E-state index is 0.487. The molecule has 0 atom stereocenters. The second kappa shape index (κ2) is 13.3. The van der Waals surface area contributed by atoms with Gasteiger partial charge in [0.25, 0.3) is 0 Å². The van der Waals surface area contributed by atoms with Crippen molar-refractivity contribution in [2.75, 3.05) is 57.3 Å². The summed E-state index contributed by atoms with van der Waals surface area (Å²) in [5.74, 6) is 2.40. The zero-order valence-electron chi connectivity index (χ0n) is 19.2. The molecular formula is C24H32N6O3. The van der Waals surface area contributed by atoms with Gasteiger partial charge in [-0.25, -0.2) is 0 Å². The average Bonchev–Trinajstić information content (AvgIpc) is 2.85. The fourth-order valence-corrected chi connectivity index (χ4v) is 2.93. The summed E-state index contributed by atoms with van der Waals surface area (Å²) < 4.78 is 16.1. The first-order chi connectivity index (χ1) is 16.2. The first-order valence-corrected chi connectivity index (χ1v) is 11.0. The monoisotopic (exact) mass is 452 g/mol. The topological polar surface area (TPSA) is 116 Å². The van der Waals surface area contributed by atoms with Gasteiger partial charge in [0.15, 0.2) is 5.82 Å². The zero-order valence-corrected chi connectivity index (χ0v) is 19.2. The molecule has 0 spiro atoms. The first kappa shape index (κ1) is 24.4. The number of nitrogens with zero attached hydrogens (tertiary/aromatic N) is 3. The van der Waals surface area contributed by atoms with Crippen LogP contribution in [0.2, 0.25) is 0 Å². The maximum atomic E-state index is 5.56. The van der Waals surface area contributed by atoms with Gasteiger partial charge in [-0.1, -0.05) is 42.0 Å². The van der Waals surface area contributed by atoms with Crippen molar-refractivity contribution in [1.82, 2.24) is 15.0 Å². The first-order valence-electron chi connectivity index (χ1n) is 11.0. The Kier molecular flexibility index (Phi) is 9.84. The molecule has 9 heteroatoms. The van der Waals surface area contributed by atoms with E-state index in [4.69, 9.17) is 19.9 Å². The van der Waals surface area contributed by atoms with Gasteiger partial charge in [0.2, 0.25) is 11.9 Å². The lowest BCUT2D eigenvalue weighted by Gasteiger charge is -2.11. The van der Waals surface area contributed by atoms with E-state index >= 15 is 0 Å². The van der Waals surface area contributed by atoms with Crippen LogP contribution in [0.4, 0.5) is 11.9 Å². The van der Waals surface area contributed by atoms with Crippen molar-refractivity contribution in [3.63, 3.8) is 0 Å². The third kappa shape index (κ3) is 8.30. The minimum Gasteiger partial charge on any atom is -0.497 e. The van der Waals surface area contributed by atoms with Crippen LogP contribution in [0, 0.1) is 6.92 Å². The molecule has 0 amide bonds. The highest BCUT2D eigenvalue weighted by atomic mass is 16.5. The SMILES string of the molecule is COc1ccc(CNc2nc(NCCOCCOCCN)nc(-c3ccc(C)cc3)n2)cc1. The molecule has 0 unspecified atom stereocenters. The highest BCUT2D eigenvalue weighted by molar-refractivity contribution is 5.58. The van der Waals surface area contributed by atoms with Gasteiger partial charge in [0.1, 0.15) is 5.75 Å². The van der Waals surface area contributed by atoms with Gasteiger partial charge in [0.05, 0.1) is 33.5 Å². The summed E-state index contributed by atoms with van der Waals surface area (Å²) in [6.07, 6.45) is 0. The maximum Gasteiger partial charge on any atom is 0.228 e. The molecule has 0 aliphatic rings. The maximum absolute atomic E-state index is 5.56. The van der Waals surface area contributed by atoms with Crippen molar-refractivity contribution in [1.29, 1.82) is 0 Å². The smallest absolute Gasteiger partial charge is 0.228 e. The Balaban J connectivity index is 1.63. The molecule has 33 heavy (non-hydrogen) atoms. The molecule has 0 aliphatic heterocycles. The number of benzene rings is 2. The van der Waals surface area contributed by atoms with Crippen molar-refractivity contribution in [2.45, 2.75) is 13.5 Å². The molecule has 0 fully saturated rings. The number of aryl methyl sites for hydroxylation is 1. The van der Waals surface area contributed by atoms with Gasteiger partial charge in [-0.3, -0.25) is 0 Å². The van der Waals surface area contributed by atoms with Gasteiger partial charge < -0.3 is 30.6 Å². The highest BCUT2D eigenvalue weighted by Crippen LogP contribution is 2.19. The van der Waals surface area contributed by atoms with Crippen LogP contribution in [0.25, 0.3) is 11.4 Å². The van der Waals surface area contributed by atoms with Crippen molar-refractivity contribution >= 4 is 11.9 Å². The molecule has 9 nitrogen and oxygen atoms in total. The molecule has 0 bridgehead atoms. The number of hydrogen-bond donors (Lipinski definition) is 3. The number of ether oxygens (including phenoxy) is 3. The molecule has 0 radical (unpaired) electrons. The van der Waals surface area contributed by atoms with Crippen LogP contribution >= 0.6 is 0 Å². The molecule has 0 saturated heterocycles. The van der Waals surface area contributed by atoms with E-state index in [9.17, 15) is 0 Å². The van der Waals surface area contributed by atoms with Crippen molar-refractivity contribution in [3.05, 3.63) is 59.7 Å². The quantitative estimate of drug-likeness (QED) is 0.317. The van der Waals surface area contributed by atoms with Gasteiger partial charge in [0, 0.05) is 25.2 Å². The molecule has 3 aromatic rings. The minimum atomic E-state index is 0.487. The fraction of sp³-hybridized carbons (Fsp3) is 0.375. The Morgan fingerprint density at radius 3 is 2.12 bits per heavy atom. The Morgan fingerprint density at radius 1 is 0.788 bits per heavy atom. The fourth-order valence-electron chi connectivity index (χ4n) is 2.93. The summed E-state index contributed by atoms with van der Waals surface area (Å²) in [6.45, 7) is 5.79. The van der Waals surface area contributed by atoms with E-state index in [2.05, 4.69) is 25.6 Å². The molecule has 1 aromatic heterocycles. The van der Waals surface area contributed by atoms with Crippen LogP contribution in [0.15, 0.2) is 48.5 Å². The number of methoxy groups -OCH3 is 1. The van der Waals surface area contributed by atoms with Crippen molar-refractivity contribution < 1.29 is 14.2 Å². The summed E-state index contributed by atoms with van der Waals surface area (Å²) in [5.41, 5.74) is 8.58. The van der Waals surface area contributed by atoms with E-state index in [0.29, 0.717) is 63.8 Å². The van der Waals surface area contributed by atoms with Gasteiger partial charge in [-0.2, -0.15) is 15.0 Å². The number of anilines is 2. The highest BCUT2D eigenvalue weighted by Gasteiger charge is 2.09. The van der Waals surface area contributed by atoms with Crippen molar-refractivity contribution in [3.8, 4) is 17.1 Å². The number of aromatic nitrogens is 3. The van der Waals surface area contributed by atoms with Gasteiger partial charge in [-0.15, -0.1) is 0 Å². The van der Waals surface area contributed by atoms with E-state index in [1.807, 2.05) is 55.5 Å². The van der Waals surface area contributed by atoms with Crippen LogP contribution < -0.4 is 21.1 Å². The number of hydrogen-bond acceptors (Lipinski definition) is 9. The van der Waals surface area contributed by atoms with Gasteiger partial charge in [-0.05, 0) is 24.6 Å². The summed E-state index contributed by atoms with van der Waals surface area (Å²) in [4.78, 5) is 13.7. The lowest BCUT2D eigenvalue weighted by molar-refractivity contribution is 0.0547. The Morgan fingerprint density at radius 2 is 1.45 bits per heavy atom. The number of nitrogens with two attached hydrogens (primary N) is 1. The summed E-state index contributed by atoms with van der Waals surface area (Å²) in [7, 11) is 1.65. The number of rotatable bonds is 14. The molecule has 1 heterocycles. The average molecular weight is 453 g/mol. The largest absolute Gasteiger partial charge is 0.497 e. The third-order valence-corrected chi connectivity index (χ3v) is 4.72. The van der Waals surface area contributed by atoms with Crippen LogP contribution in [-0.4, -0.2) is 61.6 Å². The second-order valence-electron chi connectivity index (χ2n) is 7.31. The molecule has 4 N–H and O–H groups in total. The Hall–Kier alpha value is -3.27. The van der Waals surface area contributed by atoms with Gasteiger partial charge >= 0.3 is 0 Å². The predicted molar refractivity (Wildman–Crippen MR) is 130 cm³/mol. The lowest BCUT2D eigenvalue weighted by Crippen LogP contribution is -2.16. The molecule has 3 rings (SSSR count). The lowest BCUT2D eigenvalue weighted by atomic mass is 10.1. The summed E-state index contributed by atoms with van der Waals surface area (Å²) in [5, 5.41) is 6.51. The molecular weight excluding hydrogens is 420 g/mol. The standard InChI is InChI=1S/C24H32N6O3/c1-18-3-7-20(8-4-18)22-28-23(26-12-14-33-16-15-32-13-11-25)30-24(29-22)27-17-19-5-9-21(31-2)10-6-19/h3-10H,11-17,25H2,1-2H3,(H2,26,27,28,29,30). The molecule has 2 aromatic carbocycles. The Bertz CT molecular complexity index is 967. The Labute approximate surface area is 194 Å². The predicted octanol–water partition coefficient (Wildman–Crippen LogP) is 2.87. The normalized spacial score (nSPS) is 10.8. The van der Waals surface area contributed by atoms with E-state index in [-0.39, 0.29) is 0 Å². The number of nitrogens with one attached hydrogen (secondary N) is 2. The van der Waals surface area contributed by atoms with Crippen molar-refractivity contribution in [2.24, 2.45) is 5.73 Å². The van der Waals surface area contributed by atoms with Crippen LogP contribution in [0.3, 0.4) is 0 Å². The zero-order chi connectivity index (χ0) is 23.3.